The Kier molecular flexibility index (Phi) is 7.72. The van der Waals surface area contributed by atoms with Crippen LogP contribution >= 0.6 is 11.3 Å². The molecule has 0 saturated carbocycles. The lowest BCUT2D eigenvalue weighted by atomic mass is 9.42. The van der Waals surface area contributed by atoms with Gasteiger partial charge in [-0.1, -0.05) is 145 Å². The van der Waals surface area contributed by atoms with E-state index in [1.54, 1.807) is 0 Å². The Balaban J connectivity index is 1.29. The minimum atomic E-state index is -0.173. The van der Waals surface area contributed by atoms with E-state index in [1.807, 2.05) is 11.3 Å². The van der Waals surface area contributed by atoms with Crippen LogP contribution in [-0.2, 0) is 10.8 Å². The lowest BCUT2D eigenvalue weighted by Crippen LogP contribution is -2.61. The molecule has 2 aliphatic heterocycles. The molecule has 0 amide bonds. The Morgan fingerprint density at radius 1 is 0.492 bits per heavy atom. The van der Waals surface area contributed by atoms with Gasteiger partial charge in [-0.2, -0.15) is 0 Å². The molecule has 5 heteroatoms. The van der Waals surface area contributed by atoms with Gasteiger partial charge in [-0.05, 0) is 99.1 Å². The van der Waals surface area contributed by atoms with Gasteiger partial charge in [0.15, 0.2) is 0 Å². The average molecular weight is 805 g/mol. The van der Waals surface area contributed by atoms with Crippen molar-refractivity contribution in [3.63, 3.8) is 0 Å². The maximum atomic E-state index is 6.77. The molecule has 2 aliphatic rings. The maximum Gasteiger partial charge on any atom is 0.333 e. The number of anilines is 5. The predicted octanol–water partition coefficient (Wildman–Crippen LogP) is 14.9. The van der Waals surface area contributed by atoms with Gasteiger partial charge >= 0.3 is 6.85 Å². The highest BCUT2D eigenvalue weighted by molar-refractivity contribution is 7.26. The minimum absolute atomic E-state index is 0.0262. The number of nitrogens with zero attached hydrogens (tertiary/aromatic N) is 2. The third-order valence-electron chi connectivity index (χ3n) is 13.2. The van der Waals surface area contributed by atoms with Gasteiger partial charge < -0.3 is 14.1 Å². The first-order valence-electron chi connectivity index (χ1n) is 21.5. The lowest BCUT2D eigenvalue weighted by molar-refractivity contribution is 0.590. The number of benzene rings is 8. The quantitative estimate of drug-likeness (QED) is 0.166. The van der Waals surface area contributed by atoms with Crippen molar-refractivity contribution in [3.8, 4) is 22.3 Å². The van der Waals surface area contributed by atoms with Crippen molar-refractivity contribution in [2.24, 2.45) is 0 Å². The number of para-hydroxylation sites is 2. The van der Waals surface area contributed by atoms with Gasteiger partial charge in [-0.15, -0.1) is 11.3 Å². The molecule has 0 spiro atoms. The van der Waals surface area contributed by atoms with Gasteiger partial charge in [0.2, 0.25) is 0 Å². The van der Waals surface area contributed by atoms with Crippen molar-refractivity contribution in [2.45, 2.75) is 52.4 Å². The van der Waals surface area contributed by atoms with Crippen LogP contribution in [0.15, 0.2) is 168 Å². The summed E-state index contributed by atoms with van der Waals surface area (Å²) in [6.07, 6.45) is 0. The summed E-state index contributed by atoms with van der Waals surface area (Å²) in [6.45, 7) is 13.7. The predicted molar refractivity (Wildman–Crippen MR) is 263 cm³/mol. The molecular formula is C56H45BN2OS. The lowest BCUT2D eigenvalue weighted by Gasteiger charge is -2.46. The van der Waals surface area contributed by atoms with Gasteiger partial charge in [0.25, 0.3) is 0 Å². The molecule has 0 radical (unpaired) electrons. The molecule has 61 heavy (non-hydrogen) atoms. The van der Waals surface area contributed by atoms with Crippen LogP contribution in [0, 0.1) is 0 Å². The molecule has 10 aromatic rings. The van der Waals surface area contributed by atoms with Crippen molar-refractivity contribution >= 4 is 99.7 Å². The third-order valence-corrected chi connectivity index (χ3v) is 14.4. The zero-order valence-electron chi connectivity index (χ0n) is 35.4. The van der Waals surface area contributed by atoms with Gasteiger partial charge in [0, 0.05) is 70.4 Å². The summed E-state index contributed by atoms with van der Waals surface area (Å²) in [7, 11) is 0. The van der Waals surface area contributed by atoms with Crippen molar-refractivity contribution < 1.29 is 4.42 Å². The normalized spacial score (nSPS) is 13.6. The van der Waals surface area contributed by atoms with Crippen LogP contribution in [0.5, 0.6) is 0 Å². The second-order valence-corrected chi connectivity index (χ2v) is 20.0. The van der Waals surface area contributed by atoms with Crippen LogP contribution in [-0.4, -0.2) is 6.85 Å². The summed E-state index contributed by atoms with van der Waals surface area (Å²) < 4.78 is 9.41. The molecule has 4 heterocycles. The molecule has 0 saturated heterocycles. The summed E-state index contributed by atoms with van der Waals surface area (Å²) >= 11 is 1.93. The molecule has 8 aromatic carbocycles. The summed E-state index contributed by atoms with van der Waals surface area (Å²) in [4.78, 5) is 5.24. The Hall–Kier alpha value is -6.56. The highest BCUT2D eigenvalue weighted by Crippen LogP contribution is 2.54. The van der Waals surface area contributed by atoms with Crippen LogP contribution in [0.1, 0.15) is 52.7 Å². The summed E-state index contributed by atoms with van der Waals surface area (Å²) in [5.74, 6) is 0. The fourth-order valence-electron chi connectivity index (χ4n) is 10.2. The van der Waals surface area contributed by atoms with Crippen LogP contribution < -0.4 is 20.6 Å². The molecule has 0 atom stereocenters. The van der Waals surface area contributed by atoms with E-state index in [0.29, 0.717) is 0 Å². The molecule has 294 valence electrons. The summed E-state index contributed by atoms with van der Waals surface area (Å²) in [6, 6.07) is 61.1. The van der Waals surface area contributed by atoms with E-state index in [4.69, 9.17) is 4.42 Å². The zero-order valence-corrected chi connectivity index (χ0v) is 36.2. The Labute approximate surface area is 361 Å². The van der Waals surface area contributed by atoms with Crippen molar-refractivity contribution in [1.29, 1.82) is 0 Å². The molecule has 12 rings (SSSR count). The van der Waals surface area contributed by atoms with Crippen molar-refractivity contribution in [2.75, 3.05) is 9.71 Å². The Bertz CT molecular complexity index is 3400. The van der Waals surface area contributed by atoms with Crippen LogP contribution in [0.2, 0.25) is 0 Å². The first-order valence-corrected chi connectivity index (χ1v) is 22.3. The van der Waals surface area contributed by atoms with Crippen LogP contribution in [0.3, 0.4) is 0 Å². The number of hydrogen-bond acceptors (Lipinski definition) is 4. The molecular weight excluding hydrogens is 760 g/mol. The molecule has 0 bridgehead atoms. The van der Waals surface area contributed by atoms with Crippen LogP contribution in [0.25, 0.3) is 64.4 Å². The van der Waals surface area contributed by atoms with E-state index in [0.717, 1.165) is 27.9 Å². The second kappa shape index (κ2) is 13.0. The number of fused-ring (bicyclic) bond motifs is 12. The minimum Gasteiger partial charge on any atom is -0.456 e. The maximum absolute atomic E-state index is 6.77. The summed E-state index contributed by atoms with van der Waals surface area (Å²) in [5.41, 5.74) is 17.9. The Morgan fingerprint density at radius 3 is 1.95 bits per heavy atom. The zero-order chi connectivity index (χ0) is 41.4. The molecule has 0 fully saturated rings. The number of thiophene rings is 1. The van der Waals surface area contributed by atoms with E-state index in [2.05, 4.69) is 215 Å². The van der Waals surface area contributed by atoms with Gasteiger partial charge in [0.1, 0.15) is 11.2 Å². The molecule has 2 aromatic heterocycles. The van der Waals surface area contributed by atoms with E-state index in [9.17, 15) is 0 Å². The standard InChI is InChI=1S/C56H45BN2OS/c1-55(2,3)35-24-27-37(28-25-35)59-44-29-26-36(56(4,5)6)32-42(44)51-53-46(33-41-39-19-12-15-23-49(39)61-54(41)51)58(43-21-13-10-18-38(43)34-16-8-7-9-17-34)45-30-31-48-50(52(45)57(53)59)40-20-11-14-22-47(40)60-48/h7-33H,1-6H3. The third kappa shape index (κ3) is 5.36. The van der Waals surface area contributed by atoms with E-state index >= 15 is 0 Å². The Morgan fingerprint density at radius 2 is 1.16 bits per heavy atom. The first kappa shape index (κ1) is 36.3. The monoisotopic (exact) mass is 804 g/mol. The van der Waals surface area contributed by atoms with Crippen molar-refractivity contribution in [1.82, 2.24) is 0 Å². The molecule has 0 aliphatic carbocycles. The second-order valence-electron chi connectivity index (χ2n) is 18.9. The smallest absolute Gasteiger partial charge is 0.333 e. The average Bonchev–Trinajstić information content (AvgIpc) is 3.84. The van der Waals surface area contributed by atoms with E-state index in [1.165, 1.54) is 86.9 Å². The number of rotatable bonds is 3. The topological polar surface area (TPSA) is 19.6 Å². The highest BCUT2D eigenvalue weighted by atomic mass is 32.1. The van der Waals surface area contributed by atoms with E-state index < -0.39 is 0 Å². The van der Waals surface area contributed by atoms with Crippen LogP contribution in [0.4, 0.5) is 28.4 Å². The molecule has 0 unspecified atom stereocenters. The van der Waals surface area contributed by atoms with Gasteiger partial charge in [0.05, 0.1) is 5.69 Å². The van der Waals surface area contributed by atoms with Crippen molar-refractivity contribution in [3.05, 3.63) is 175 Å². The SMILES string of the molecule is CC(C)(C)c1ccc(N2B3c4c(cc5c(sc6ccccc65)c4-c4cc(C(C)(C)C)ccc42)N(c2ccccc2-c2ccccc2)c2ccc4oc5ccccc5c4c23)cc1. The number of hydrogen-bond donors (Lipinski definition) is 0. The fourth-order valence-corrected chi connectivity index (χ4v) is 11.4. The summed E-state index contributed by atoms with van der Waals surface area (Å²) in [5, 5.41) is 4.89. The highest BCUT2D eigenvalue weighted by Gasteiger charge is 2.48. The largest absolute Gasteiger partial charge is 0.456 e. The first-order chi connectivity index (χ1) is 29.5. The van der Waals surface area contributed by atoms with E-state index in [-0.39, 0.29) is 17.7 Å². The number of furan rings is 1. The molecule has 3 nitrogen and oxygen atoms in total. The van der Waals surface area contributed by atoms with Gasteiger partial charge in [-0.3, -0.25) is 0 Å². The van der Waals surface area contributed by atoms with Gasteiger partial charge in [-0.25, -0.2) is 0 Å². The molecule has 0 N–H and O–H groups in total. The fraction of sp³-hybridized carbons (Fsp3) is 0.143.